The third-order valence-electron chi connectivity index (χ3n) is 6.20. The predicted octanol–water partition coefficient (Wildman–Crippen LogP) is 3.82. The molecule has 2 aromatic rings. The summed E-state index contributed by atoms with van der Waals surface area (Å²) >= 11 is 0. The molecule has 28 heavy (non-hydrogen) atoms. The number of nitrogens with zero attached hydrogens (tertiary/aromatic N) is 2. The minimum absolute atomic E-state index is 0.128. The van der Waals surface area contributed by atoms with Gasteiger partial charge in [0.15, 0.2) is 11.6 Å². The van der Waals surface area contributed by atoms with E-state index in [2.05, 4.69) is 23.8 Å². The summed E-state index contributed by atoms with van der Waals surface area (Å²) in [4.78, 5) is 4.58. The lowest BCUT2D eigenvalue weighted by atomic mass is 9.91. The van der Waals surface area contributed by atoms with Crippen molar-refractivity contribution in [1.29, 1.82) is 0 Å². The number of fused-ring (bicyclic) bond motifs is 3. The van der Waals surface area contributed by atoms with Crippen molar-refractivity contribution in [3.63, 3.8) is 0 Å². The van der Waals surface area contributed by atoms with Gasteiger partial charge in [-0.2, -0.15) is 0 Å². The molecule has 2 heterocycles. The number of likely N-dealkylation sites (tertiary alicyclic amines) is 1. The lowest BCUT2D eigenvalue weighted by molar-refractivity contribution is 0.298. The Balaban J connectivity index is 1.73. The Labute approximate surface area is 164 Å². The summed E-state index contributed by atoms with van der Waals surface area (Å²) in [6, 6.07) is 8.20. The summed E-state index contributed by atoms with van der Waals surface area (Å²) in [5, 5.41) is 0. The van der Waals surface area contributed by atoms with Gasteiger partial charge in [0.2, 0.25) is 9.84 Å². The fourth-order valence-electron chi connectivity index (χ4n) is 4.56. The molecule has 0 spiro atoms. The Morgan fingerprint density at radius 3 is 2.39 bits per heavy atom. The number of halogens is 2. The molecule has 7 heteroatoms. The van der Waals surface area contributed by atoms with Crippen molar-refractivity contribution in [3.05, 3.63) is 53.6 Å². The second-order valence-corrected chi connectivity index (χ2v) is 9.55. The Hall–Kier alpha value is -1.99. The van der Waals surface area contributed by atoms with Crippen LogP contribution in [0.25, 0.3) is 0 Å². The molecule has 2 aliphatic heterocycles. The molecule has 1 saturated heterocycles. The highest BCUT2D eigenvalue weighted by molar-refractivity contribution is 7.91. The summed E-state index contributed by atoms with van der Waals surface area (Å²) < 4.78 is 52.8. The highest BCUT2D eigenvalue weighted by Crippen LogP contribution is 2.45. The Morgan fingerprint density at radius 2 is 1.68 bits per heavy atom. The molecule has 0 aromatic heterocycles. The van der Waals surface area contributed by atoms with Gasteiger partial charge >= 0.3 is 0 Å². The minimum Gasteiger partial charge on any atom is -0.371 e. The molecule has 1 fully saturated rings. The van der Waals surface area contributed by atoms with Crippen molar-refractivity contribution in [2.24, 2.45) is 0 Å². The molecule has 0 radical (unpaired) electrons. The van der Waals surface area contributed by atoms with Crippen LogP contribution in [0.4, 0.5) is 14.5 Å². The molecule has 0 bridgehead atoms. The minimum atomic E-state index is -3.92. The molecule has 0 amide bonds. The van der Waals surface area contributed by atoms with E-state index in [1.165, 1.54) is 0 Å². The average molecular weight is 406 g/mol. The number of hydrogen-bond donors (Lipinski definition) is 0. The molecule has 4 nitrogen and oxygen atoms in total. The average Bonchev–Trinajstić information content (AvgIpc) is 2.83. The van der Waals surface area contributed by atoms with E-state index in [1.54, 1.807) is 12.1 Å². The molecular formula is C21H24F2N2O2S. The number of benzene rings is 2. The Bertz CT molecular complexity index is 1010. The van der Waals surface area contributed by atoms with Gasteiger partial charge in [-0.1, -0.05) is 6.92 Å². The second kappa shape index (κ2) is 7.12. The van der Waals surface area contributed by atoms with E-state index in [-0.39, 0.29) is 15.7 Å². The van der Waals surface area contributed by atoms with E-state index in [0.717, 1.165) is 61.9 Å². The first-order valence-corrected chi connectivity index (χ1v) is 11.1. The zero-order valence-corrected chi connectivity index (χ0v) is 16.8. The van der Waals surface area contributed by atoms with Crippen LogP contribution in [0.2, 0.25) is 0 Å². The summed E-state index contributed by atoms with van der Waals surface area (Å²) in [7, 11) is -1.85. The molecule has 150 valence electrons. The van der Waals surface area contributed by atoms with Crippen LogP contribution < -0.4 is 4.90 Å². The van der Waals surface area contributed by atoms with Crippen molar-refractivity contribution < 1.29 is 17.2 Å². The van der Waals surface area contributed by atoms with Crippen LogP contribution in [0.3, 0.4) is 0 Å². The van der Waals surface area contributed by atoms with E-state index in [4.69, 9.17) is 0 Å². The maximum absolute atomic E-state index is 13.6. The second-order valence-electron chi connectivity index (χ2n) is 7.60. The topological polar surface area (TPSA) is 40.6 Å². The van der Waals surface area contributed by atoms with E-state index in [0.29, 0.717) is 6.04 Å². The third kappa shape index (κ3) is 3.10. The van der Waals surface area contributed by atoms with Crippen molar-refractivity contribution in [2.75, 3.05) is 31.6 Å². The van der Waals surface area contributed by atoms with Crippen molar-refractivity contribution in [2.45, 2.75) is 41.5 Å². The molecule has 2 aromatic carbocycles. The Morgan fingerprint density at radius 1 is 1.00 bits per heavy atom. The van der Waals surface area contributed by atoms with E-state index in [9.17, 15) is 17.2 Å². The first-order chi connectivity index (χ1) is 13.3. The lowest BCUT2D eigenvalue weighted by Gasteiger charge is -2.25. The van der Waals surface area contributed by atoms with Crippen LogP contribution in [-0.2, 0) is 9.84 Å². The molecule has 4 rings (SSSR count). The van der Waals surface area contributed by atoms with Crippen molar-refractivity contribution >= 4 is 15.5 Å². The van der Waals surface area contributed by atoms with Crippen LogP contribution in [0.15, 0.2) is 46.2 Å². The standard InChI is InChI=1S/C21H24F2N2O2S/c1-3-25-10-8-16-17-12-14(5-7-20(17)24(2)21(16)9-11-25)28(26,27)15-4-6-18(22)19(23)13-15/h4-7,12-13,16,21H,3,8-11H2,1-2H3/t16-,21?/m0/s1. The normalized spacial score (nSPS) is 22.6. The summed E-state index contributed by atoms with van der Waals surface area (Å²) in [6.45, 7) is 5.20. The molecule has 2 aliphatic rings. The number of anilines is 1. The fraction of sp³-hybridized carbons (Fsp3) is 0.429. The third-order valence-corrected chi connectivity index (χ3v) is 7.95. The van der Waals surface area contributed by atoms with Crippen LogP contribution in [0.5, 0.6) is 0 Å². The van der Waals surface area contributed by atoms with Crippen LogP contribution in [0.1, 0.15) is 31.2 Å². The van der Waals surface area contributed by atoms with Crippen molar-refractivity contribution in [3.8, 4) is 0 Å². The molecule has 0 N–H and O–H groups in total. The predicted molar refractivity (Wildman–Crippen MR) is 105 cm³/mol. The smallest absolute Gasteiger partial charge is 0.206 e. The largest absolute Gasteiger partial charge is 0.371 e. The van der Waals surface area contributed by atoms with Gasteiger partial charge in [0.25, 0.3) is 0 Å². The van der Waals surface area contributed by atoms with Gasteiger partial charge in [-0.15, -0.1) is 0 Å². The van der Waals surface area contributed by atoms with Gasteiger partial charge in [-0.05, 0) is 67.9 Å². The SMILES string of the molecule is CCN1CCC2[C@@H](CC1)c1cc(S(=O)(=O)c3ccc(F)c(F)c3)ccc1N2C. The zero-order chi connectivity index (χ0) is 20.1. The summed E-state index contributed by atoms with van der Waals surface area (Å²) in [6.07, 6.45) is 2.01. The Kier molecular flexibility index (Phi) is 4.91. The van der Waals surface area contributed by atoms with Crippen molar-refractivity contribution in [1.82, 2.24) is 4.90 Å². The van der Waals surface area contributed by atoms with Crippen LogP contribution in [0, 0.1) is 11.6 Å². The molecule has 2 atom stereocenters. The quantitative estimate of drug-likeness (QED) is 0.727. The lowest BCUT2D eigenvalue weighted by Crippen LogP contribution is -2.31. The molecular weight excluding hydrogens is 382 g/mol. The highest BCUT2D eigenvalue weighted by Gasteiger charge is 2.38. The fourth-order valence-corrected chi connectivity index (χ4v) is 5.87. The van der Waals surface area contributed by atoms with Gasteiger partial charge in [-0.25, -0.2) is 17.2 Å². The zero-order valence-electron chi connectivity index (χ0n) is 16.0. The van der Waals surface area contributed by atoms with Gasteiger partial charge in [-0.3, -0.25) is 0 Å². The monoisotopic (exact) mass is 406 g/mol. The van der Waals surface area contributed by atoms with Gasteiger partial charge < -0.3 is 9.80 Å². The maximum Gasteiger partial charge on any atom is 0.206 e. The summed E-state index contributed by atoms with van der Waals surface area (Å²) in [5.41, 5.74) is 2.10. The van der Waals surface area contributed by atoms with Crippen LogP contribution >= 0.6 is 0 Å². The van der Waals surface area contributed by atoms with E-state index < -0.39 is 21.5 Å². The number of likely N-dealkylation sites (N-methyl/N-ethyl adjacent to an activating group) is 1. The number of rotatable bonds is 3. The van der Waals surface area contributed by atoms with Crippen LogP contribution in [-0.4, -0.2) is 46.0 Å². The molecule has 1 unspecified atom stereocenters. The molecule has 0 saturated carbocycles. The van der Waals surface area contributed by atoms with E-state index in [1.807, 2.05) is 6.07 Å². The van der Waals surface area contributed by atoms with E-state index >= 15 is 0 Å². The van der Waals surface area contributed by atoms with Gasteiger partial charge in [0.05, 0.1) is 9.79 Å². The first-order valence-electron chi connectivity index (χ1n) is 9.62. The molecule has 0 aliphatic carbocycles. The maximum atomic E-state index is 13.6. The summed E-state index contributed by atoms with van der Waals surface area (Å²) in [5.74, 6) is -1.95. The number of hydrogen-bond acceptors (Lipinski definition) is 4. The van der Waals surface area contributed by atoms with Gasteiger partial charge in [0, 0.05) is 31.2 Å². The number of sulfone groups is 1. The highest BCUT2D eigenvalue weighted by atomic mass is 32.2. The first kappa shape index (κ1) is 19.3. The van der Waals surface area contributed by atoms with Gasteiger partial charge in [0.1, 0.15) is 0 Å².